The molecule has 0 bridgehead atoms. The molecule has 0 aromatic heterocycles. The number of hydrogen-bond donors (Lipinski definition) is 2. The summed E-state index contributed by atoms with van der Waals surface area (Å²) < 4.78 is 5.49. The molecule has 2 unspecified atom stereocenters. The molecule has 1 rings (SSSR count). The van der Waals surface area contributed by atoms with E-state index in [2.05, 4.69) is 31.0 Å². The van der Waals surface area contributed by atoms with Gasteiger partial charge in [-0.15, -0.1) is 0 Å². The van der Waals surface area contributed by atoms with Gasteiger partial charge in [0.1, 0.15) is 0 Å². The van der Waals surface area contributed by atoms with Crippen LogP contribution in [0.25, 0.3) is 0 Å². The van der Waals surface area contributed by atoms with E-state index >= 15 is 0 Å². The highest BCUT2D eigenvalue weighted by Gasteiger charge is 2.21. The second-order valence-electron chi connectivity index (χ2n) is 5.16. The maximum absolute atomic E-state index is 9.32. The summed E-state index contributed by atoms with van der Waals surface area (Å²) in [6.45, 7) is 10.4. The van der Waals surface area contributed by atoms with E-state index in [-0.39, 0.29) is 12.6 Å². The lowest BCUT2D eigenvalue weighted by atomic mass is 10.1. The predicted octanol–water partition coefficient (Wildman–Crippen LogP) is 0.846. The lowest BCUT2D eigenvalue weighted by Crippen LogP contribution is -2.47. The first-order valence-corrected chi connectivity index (χ1v) is 6.86. The normalized spacial score (nSPS) is 24.2. The third-order valence-electron chi connectivity index (χ3n) is 3.37. The van der Waals surface area contributed by atoms with Gasteiger partial charge in [-0.05, 0) is 12.8 Å². The highest BCUT2D eigenvalue weighted by Crippen LogP contribution is 2.11. The lowest BCUT2D eigenvalue weighted by molar-refractivity contribution is -0.0108. The Bertz CT molecular complexity index is 200. The molecule has 0 radical (unpaired) electrons. The van der Waals surface area contributed by atoms with E-state index in [9.17, 15) is 5.11 Å². The maximum Gasteiger partial charge on any atom is 0.0622 e. The molecule has 2 N–H and O–H groups in total. The van der Waals surface area contributed by atoms with Crippen molar-refractivity contribution in [3.8, 4) is 0 Å². The average molecular weight is 244 g/mol. The van der Waals surface area contributed by atoms with Crippen LogP contribution in [0.5, 0.6) is 0 Å². The molecule has 1 saturated heterocycles. The largest absolute Gasteiger partial charge is 0.395 e. The zero-order chi connectivity index (χ0) is 12.7. The third kappa shape index (κ3) is 5.34. The average Bonchev–Trinajstić information content (AvgIpc) is 2.34. The zero-order valence-electron chi connectivity index (χ0n) is 11.5. The maximum atomic E-state index is 9.32. The molecule has 4 nitrogen and oxygen atoms in total. The van der Waals surface area contributed by atoms with Gasteiger partial charge < -0.3 is 15.2 Å². The minimum Gasteiger partial charge on any atom is -0.395 e. The fourth-order valence-electron chi connectivity index (χ4n) is 2.38. The van der Waals surface area contributed by atoms with Crippen LogP contribution in [0.2, 0.25) is 0 Å². The highest BCUT2D eigenvalue weighted by molar-refractivity contribution is 4.77. The van der Waals surface area contributed by atoms with Crippen LogP contribution in [0.3, 0.4) is 0 Å². The minimum absolute atomic E-state index is 0.218. The topological polar surface area (TPSA) is 44.7 Å². The molecule has 0 saturated carbocycles. The molecular weight excluding hydrogens is 216 g/mol. The van der Waals surface area contributed by atoms with Gasteiger partial charge in [0.2, 0.25) is 0 Å². The van der Waals surface area contributed by atoms with Crippen molar-refractivity contribution in [2.75, 3.05) is 32.9 Å². The number of hydrogen-bond acceptors (Lipinski definition) is 4. The lowest BCUT2D eigenvalue weighted by Gasteiger charge is -2.36. The van der Waals surface area contributed by atoms with Crippen LogP contribution in [-0.4, -0.2) is 61.0 Å². The quantitative estimate of drug-likeness (QED) is 0.697. The van der Waals surface area contributed by atoms with Crippen LogP contribution in [0.4, 0.5) is 0 Å². The number of morpholine rings is 1. The molecule has 1 heterocycles. The molecule has 0 aromatic rings. The summed E-state index contributed by atoms with van der Waals surface area (Å²) in [5, 5.41) is 12.7. The molecular formula is C13H28N2O2. The van der Waals surface area contributed by atoms with Crippen molar-refractivity contribution in [3.05, 3.63) is 0 Å². The van der Waals surface area contributed by atoms with Crippen LogP contribution in [0.1, 0.15) is 33.6 Å². The van der Waals surface area contributed by atoms with E-state index in [1.54, 1.807) is 0 Å². The smallest absolute Gasteiger partial charge is 0.0622 e. The molecule has 17 heavy (non-hydrogen) atoms. The van der Waals surface area contributed by atoms with Crippen LogP contribution in [0, 0.1) is 0 Å². The Morgan fingerprint density at radius 2 is 2.24 bits per heavy atom. The predicted molar refractivity (Wildman–Crippen MR) is 70.2 cm³/mol. The Hall–Kier alpha value is -0.160. The van der Waals surface area contributed by atoms with E-state index in [1.165, 1.54) is 0 Å². The summed E-state index contributed by atoms with van der Waals surface area (Å²) in [5.41, 5.74) is 0. The van der Waals surface area contributed by atoms with Crippen molar-refractivity contribution < 1.29 is 9.84 Å². The van der Waals surface area contributed by atoms with Crippen LogP contribution in [0.15, 0.2) is 0 Å². The molecule has 0 aromatic carbocycles. The number of ether oxygens (including phenoxy) is 1. The summed E-state index contributed by atoms with van der Waals surface area (Å²) in [6.07, 6.45) is 2.15. The van der Waals surface area contributed by atoms with E-state index in [0.29, 0.717) is 12.1 Å². The van der Waals surface area contributed by atoms with Gasteiger partial charge in [-0.3, -0.25) is 4.90 Å². The molecule has 0 aliphatic carbocycles. The van der Waals surface area contributed by atoms with Crippen molar-refractivity contribution in [2.24, 2.45) is 0 Å². The van der Waals surface area contributed by atoms with Crippen molar-refractivity contribution >= 4 is 0 Å². The number of nitrogens with zero attached hydrogens (tertiary/aromatic N) is 1. The number of aliphatic hydroxyl groups is 1. The monoisotopic (exact) mass is 244 g/mol. The standard InChI is InChI=1S/C13H28N2O2/c1-4-13-10-17-8-7-15(13)6-5-12(9-16)14-11(2)3/h11-14,16H,4-10H2,1-3H3. The number of nitrogens with one attached hydrogen (secondary N) is 1. The highest BCUT2D eigenvalue weighted by atomic mass is 16.5. The number of rotatable bonds is 7. The molecule has 0 amide bonds. The van der Waals surface area contributed by atoms with Gasteiger partial charge >= 0.3 is 0 Å². The van der Waals surface area contributed by atoms with Gasteiger partial charge in [0, 0.05) is 31.2 Å². The second kappa shape index (κ2) is 8.03. The molecule has 1 aliphatic heterocycles. The van der Waals surface area contributed by atoms with Crippen LogP contribution in [-0.2, 0) is 4.74 Å². The fourth-order valence-corrected chi connectivity index (χ4v) is 2.38. The van der Waals surface area contributed by atoms with E-state index < -0.39 is 0 Å². The van der Waals surface area contributed by atoms with Crippen LogP contribution < -0.4 is 5.32 Å². The van der Waals surface area contributed by atoms with Gasteiger partial charge in [0.25, 0.3) is 0 Å². The molecule has 2 atom stereocenters. The van der Waals surface area contributed by atoms with Gasteiger partial charge in [-0.25, -0.2) is 0 Å². The summed E-state index contributed by atoms with van der Waals surface area (Å²) in [7, 11) is 0. The van der Waals surface area contributed by atoms with Crippen molar-refractivity contribution in [2.45, 2.75) is 51.7 Å². The Labute approximate surface area is 105 Å². The Morgan fingerprint density at radius 3 is 2.82 bits per heavy atom. The Balaban J connectivity index is 2.31. The first kappa shape index (κ1) is 14.9. The minimum atomic E-state index is 0.218. The fraction of sp³-hybridized carbons (Fsp3) is 1.00. The van der Waals surface area contributed by atoms with E-state index in [1.807, 2.05) is 0 Å². The zero-order valence-corrected chi connectivity index (χ0v) is 11.5. The Morgan fingerprint density at radius 1 is 1.47 bits per heavy atom. The summed E-state index contributed by atoms with van der Waals surface area (Å²) in [5.74, 6) is 0. The van der Waals surface area contributed by atoms with Crippen molar-refractivity contribution in [1.29, 1.82) is 0 Å². The van der Waals surface area contributed by atoms with Gasteiger partial charge in [0.15, 0.2) is 0 Å². The van der Waals surface area contributed by atoms with E-state index in [4.69, 9.17) is 4.74 Å². The molecule has 102 valence electrons. The van der Waals surface area contributed by atoms with Gasteiger partial charge in [-0.1, -0.05) is 20.8 Å². The summed E-state index contributed by atoms with van der Waals surface area (Å²) in [6, 6.07) is 1.20. The van der Waals surface area contributed by atoms with Gasteiger partial charge in [-0.2, -0.15) is 0 Å². The Kier molecular flexibility index (Phi) is 7.04. The first-order valence-electron chi connectivity index (χ1n) is 6.86. The van der Waals surface area contributed by atoms with Gasteiger partial charge in [0.05, 0.1) is 19.8 Å². The van der Waals surface area contributed by atoms with Crippen LogP contribution >= 0.6 is 0 Å². The van der Waals surface area contributed by atoms with Crippen molar-refractivity contribution in [3.63, 3.8) is 0 Å². The molecule has 0 spiro atoms. The third-order valence-corrected chi connectivity index (χ3v) is 3.37. The molecule has 4 heteroatoms. The molecule has 1 fully saturated rings. The summed E-state index contributed by atoms with van der Waals surface area (Å²) in [4.78, 5) is 2.49. The van der Waals surface area contributed by atoms with E-state index in [0.717, 1.165) is 39.1 Å². The SMILES string of the molecule is CCC1COCCN1CCC(CO)NC(C)C. The summed E-state index contributed by atoms with van der Waals surface area (Å²) >= 11 is 0. The molecule has 1 aliphatic rings. The second-order valence-corrected chi connectivity index (χ2v) is 5.16. The number of aliphatic hydroxyl groups excluding tert-OH is 1. The first-order chi connectivity index (χ1) is 8.17. The van der Waals surface area contributed by atoms with Crippen molar-refractivity contribution in [1.82, 2.24) is 10.2 Å².